The van der Waals surface area contributed by atoms with Gasteiger partial charge in [0, 0.05) is 12.3 Å². The van der Waals surface area contributed by atoms with E-state index in [0.29, 0.717) is 6.42 Å². The van der Waals surface area contributed by atoms with Gasteiger partial charge in [0.1, 0.15) is 0 Å². The summed E-state index contributed by atoms with van der Waals surface area (Å²) in [5.74, 6) is -0.924. The molecule has 4 nitrogen and oxygen atoms in total. The fraction of sp³-hybridized carbons (Fsp3) is 0.818. The van der Waals surface area contributed by atoms with Gasteiger partial charge in [0.25, 0.3) is 0 Å². The first kappa shape index (κ1) is 15.4. The minimum absolute atomic E-state index is 0.448. The van der Waals surface area contributed by atoms with Gasteiger partial charge in [-0.15, -0.1) is 0 Å². The smallest absolute Gasteiger partial charge is 0.347 e. The molecule has 16 heavy (non-hydrogen) atoms. The summed E-state index contributed by atoms with van der Waals surface area (Å²) >= 11 is 3.35. The number of carbonyl (C=O) groups excluding carboxylic acids is 2. The van der Waals surface area contributed by atoms with Gasteiger partial charge in [0.2, 0.25) is 0 Å². The standard InChI is InChI=1S/C11H19BrO4/c1-9(13)16-10(11(14)15-2)7-5-3-4-6-8-12/h10H,3-8H2,1-2H3. The van der Waals surface area contributed by atoms with Crippen molar-refractivity contribution < 1.29 is 19.1 Å². The lowest BCUT2D eigenvalue weighted by Gasteiger charge is -2.14. The van der Waals surface area contributed by atoms with E-state index in [2.05, 4.69) is 20.7 Å². The van der Waals surface area contributed by atoms with Crippen LogP contribution in [0.5, 0.6) is 0 Å². The molecule has 0 spiro atoms. The van der Waals surface area contributed by atoms with Crippen molar-refractivity contribution in [1.29, 1.82) is 0 Å². The predicted molar refractivity (Wildman–Crippen MR) is 64.4 cm³/mol. The van der Waals surface area contributed by atoms with Crippen LogP contribution in [0.2, 0.25) is 0 Å². The quantitative estimate of drug-likeness (QED) is 0.392. The Morgan fingerprint density at radius 3 is 2.31 bits per heavy atom. The van der Waals surface area contributed by atoms with Crippen molar-refractivity contribution in [2.24, 2.45) is 0 Å². The molecule has 1 unspecified atom stereocenters. The highest BCUT2D eigenvalue weighted by molar-refractivity contribution is 9.09. The number of carbonyl (C=O) groups is 2. The largest absolute Gasteiger partial charge is 0.466 e. The monoisotopic (exact) mass is 294 g/mol. The van der Waals surface area contributed by atoms with Crippen LogP contribution >= 0.6 is 15.9 Å². The Hall–Kier alpha value is -0.580. The van der Waals surface area contributed by atoms with Crippen molar-refractivity contribution in [2.75, 3.05) is 12.4 Å². The summed E-state index contributed by atoms with van der Waals surface area (Å²) < 4.78 is 9.45. The first-order chi connectivity index (χ1) is 7.61. The molecule has 0 aliphatic rings. The van der Waals surface area contributed by atoms with Crippen molar-refractivity contribution in [3.8, 4) is 0 Å². The van der Waals surface area contributed by atoms with E-state index in [1.807, 2.05) is 0 Å². The lowest BCUT2D eigenvalue weighted by molar-refractivity contribution is -0.165. The number of methoxy groups -OCH3 is 1. The molecule has 0 rings (SSSR count). The van der Waals surface area contributed by atoms with Gasteiger partial charge in [0.05, 0.1) is 7.11 Å². The van der Waals surface area contributed by atoms with E-state index in [0.717, 1.165) is 31.0 Å². The lowest BCUT2D eigenvalue weighted by Crippen LogP contribution is -2.27. The summed E-state index contributed by atoms with van der Waals surface area (Å²) in [4.78, 5) is 22.0. The molecule has 94 valence electrons. The second-order valence-corrected chi connectivity index (χ2v) is 4.31. The SMILES string of the molecule is COC(=O)C(CCCCCCBr)OC(C)=O. The number of halogens is 1. The van der Waals surface area contributed by atoms with Crippen LogP contribution in [0.3, 0.4) is 0 Å². The summed E-state index contributed by atoms with van der Waals surface area (Å²) in [6.07, 6.45) is 3.91. The Morgan fingerprint density at radius 2 is 1.81 bits per heavy atom. The maximum absolute atomic E-state index is 11.3. The number of esters is 2. The molecule has 5 heteroatoms. The Kier molecular flexibility index (Phi) is 9.28. The highest BCUT2D eigenvalue weighted by atomic mass is 79.9. The summed E-state index contributed by atoms with van der Waals surface area (Å²) in [5, 5.41) is 0.997. The number of hydrogen-bond donors (Lipinski definition) is 0. The fourth-order valence-electron chi connectivity index (χ4n) is 1.33. The van der Waals surface area contributed by atoms with E-state index in [-0.39, 0.29) is 0 Å². The van der Waals surface area contributed by atoms with Gasteiger partial charge in [-0.1, -0.05) is 28.8 Å². The van der Waals surface area contributed by atoms with Gasteiger partial charge >= 0.3 is 11.9 Å². The zero-order valence-electron chi connectivity index (χ0n) is 9.83. The molecular weight excluding hydrogens is 276 g/mol. The Balaban J connectivity index is 3.83. The molecule has 1 atom stereocenters. The molecule has 0 aromatic carbocycles. The highest BCUT2D eigenvalue weighted by Crippen LogP contribution is 2.10. The lowest BCUT2D eigenvalue weighted by atomic mass is 10.1. The van der Waals surface area contributed by atoms with E-state index in [9.17, 15) is 9.59 Å². The van der Waals surface area contributed by atoms with Crippen LogP contribution in [0.1, 0.15) is 39.0 Å². The molecule has 0 radical (unpaired) electrons. The Morgan fingerprint density at radius 1 is 1.19 bits per heavy atom. The van der Waals surface area contributed by atoms with E-state index in [4.69, 9.17) is 4.74 Å². The van der Waals surface area contributed by atoms with Crippen LogP contribution in [0.15, 0.2) is 0 Å². The molecule has 0 amide bonds. The van der Waals surface area contributed by atoms with Crippen LogP contribution in [0, 0.1) is 0 Å². The average molecular weight is 295 g/mol. The predicted octanol–water partition coefficient (Wildman–Crippen LogP) is 2.44. The van der Waals surface area contributed by atoms with Crippen molar-refractivity contribution in [3.05, 3.63) is 0 Å². The van der Waals surface area contributed by atoms with E-state index in [1.54, 1.807) is 0 Å². The van der Waals surface area contributed by atoms with Gasteiger partial charge < -0.3 is 9.47 Å². The molecule has 0 aromatic heterocycles. The molecule has 0 bridgehead atoms. The molecule has 0 saturated heterocycles. The summed E-state index contributed by atoms with van der Waals surface area (Å²) in [7, 11) is 1.30. The Bertz CT molecular complexity index is 218. The number of hydrogen-bond acceptors (Lipinski definition) is 4. The van der Waals surface area contributed by atoms with Crippen molar-refractivity contribution in [1.82, 2.24) is 0 Å². The van der Waals surface area contributed by atoms with Crippen LogP contribution in [-0.2, 0) is 19.1 Å². The molecule has 0 heterocycles. The van der Waals surface area contributed by atoms with Crippen LogP contribution < -0.4 is 0 Å². The maximum atomic E-state index is 11.3. The van der Waals surface area contributed by atoms with Crippen LogP contribution in [0.4, 0.5) is 0 Å². The van der Waals surface area contributed by atoms with Crippen molar-refractivity contribution >= 4 is 27.9 Å². The zero-order valence-corrected chi connectivity index (χ0v) is 11.4. The van der Waals surface area contributed by atoms with Gasteiger partial charge in [0.15, 0.2) is 6.10 Å². The van der Waals surface area contributed by atoms with Crippen LogP contribution in [0.25, 0.3) is 0 Å². The van der Waals surface area contributed by atoms with E-state index < -0.39 is 18.0 Å². The third-order valence-electron chi connectivity index (χ3n) is 2.12. The number of unbranched alkanes of at least 4 members (excludes halogenated alkanes) is 3. The second-order valence-electron chi connectivity index (χ2n) is 3.51. The third kappa shape index (κ3) is 7.68. The molecule has 0 N–H and O–H groups in total. The summed E-state index contributed by atoms with van der Waals surface area (Å²) in [5.41, 5.74) is 0. The molecule has 0 fully saturated rings. The number of ether oxygens (including phenoxy) is 2. The fourth-order valence-corrected chi connectivity index (χ4v) is 1.73. The minimum atomic E-state index is -0.744. The molecule has 0 aliphatic carbocycles. The summed E-state index contributed by atoms with van der Waals surface area (Å²) in [6, 6.07) is 0. The van der Waals surface area contributed by atoms with Gasteiger partial charge in [-0.3, -0.25) is 4.79 Å². The van der Waals surface area contributed by atoms with Gasteiger partial charge in [-0.25, -0.2) is 4.79 Å². The highest BCUT2D eigenvalue weighted by Gasteiger charge is 2.21. The van der Waals surface area contributed by atoms with Crippen molar-refractivity contribution in [3.63, 3.8) is 0 Å². The first-order valence-corrected chi connectivity index (χ1v) is 6.55. The average Bonchev–Trinajstić information content (AvgIpc) is 2.25. The number of rotatable bonds is 8. The first-order valence-electron chi connectivity index (χ1n) is 5.42. The van der Waals surface area contributed by atoms with E-state index >= 15 is 0 Å². The van der Waals surface area contributed by atoms with Crippen molar-refractivity contribution in [2.45, 2.75) is 45.1 Å². The number of alkyl halides is 1. The molecule has 0 saturated carbocycles. The minimum Gasteiger partial charge on any atom is -0.466 e. The molecular formula is C11H19BrO4. The molecule has 0 aromatic rings. The topological polar surface area (TPSA) is 52.6 Å². The van der Waals surface area contributed by atoms with Gasteiger partial charge in [-0.2, -0.15) is 0 Å². The third-order valence-corrected chi connectivity index (χ3v) is 2.68. The Labute approximate surface area is 105 Å². The summed E-state index contributed by atoms with van der Waals surface area (Å²) in [6.45, 7) is 1.29. The van der Waals surface area contributed by atoms with E-state index in [1.165, 1.54) is 14.0 Å². The van der Waals surface area contributed by atoms with Gasteiger partial charge in [-0.05, 0) is 19.3 Å². The maximum Gasteiger partial charge on any atom is 0.347 e. The normalized spacial score (nSPS) is 11.9. The van der Waals surface area contributed by atoms with Crippen LogP contribution in [-0.4, -0.2) is 30.5 Å². The molecule has 0 aliphatic heterocycles. The second kappa shape index (κ2) is 9.63. The zero-order chi connectivity index (χ0) is 12.4.